The number of rotatable bonds is 5. The Kier molecular flexibility index (Phi) is 5.22. The van der Waals surface area contributed by atoms with Gasteiger partial charge in [-0.1, -0.05) is 6.92 Å². The quantitative estimate of drug-likeness (QED) is 0.566. The number of piperidine rings is 2. The fourth-order valence-electron chi connectivity index (χ4n) is 4.76. The third-order valence-electron chi connectivity index (χ3n) is 6.62. The maximum Gasteiger partial charge on any atom is 0.273 e. The lowest BCUT2D eigenvalue weighted by molar-refractivity contribution is -0.0672. The minimum absolute atomic E-state index is 0.0542. The predicted octanol–water partition coefficient (Wildman–Crippen LogP) is 4.97. The molecule has 2 bridgehead atoms. The SMILES string of the molecule is Cc1ccc(-c2nccs2)c(C(=O)N2C3CC(C3)[C@H](C)[C@H]2COc2ccc(F)cc2)n1. The molecule has 2 aromatic heterocycles. The largest absolute Gasteiger partial charge is 0.491 e. The van der Waals surface area contributed by atoms with Gasteiger partial charge in [0.15, 0.2) is 0 Å². The molecular weight excluding hydrogens is 413 g/mol. The van der Waals surface area contributed by atoms with Crippen LogP contribution in [-0.4, -0.2) is 39.5 Å². The number of hydrogen-bond donors (Lipinski definition) is 0. The van der Waals surface area contributed by atoms with Crippen LogP contribution in [0.3, 0.4) is 0 Å². The Balaban J connectivity index is 1.45. The van der Waals surface area contributed by atoms with E-state index in [2.05, 4.69) is 16.9 Å². The van der Waals surface area contributed by atoms with Crippen molar-refractivity contribution < 1.29 is 13.9 Å². The summed E-state index contributed by atoms with van der Waals surface area (Å²) in [5.74, 6) is 1.19. The first-order chi connectivity index (χ1) is 15.0. The number of nitrogens with zero attached hydrogens (tertiary/aromatic N) is 3. The summed E-state index contributed by atoms with van der Waals surface area (Å²) in [6.07, 6.45) is 3.80. The van der Waals surface area contributed by atoms with Gasteiger partial charge in [0.05, 0.1) is 6.04 Å². The van der Waals surface area contributed by atoms with Crippen LogP contribution in [0.2, 0.25) is 0 Å². The third-order valence-corrected chi connectivity index (χ3v) is 7.43. The molecular formula is C24H24FN3O2S. The van der Waals surface area contributed by atoms with Gasteiger partial charge in [-0.3, -0.25) is 4.79 Å². The summed E-state index contributed by atoms with van der Waals surface area (Å²) in [6, 6.07) is 10.0. The zero-order chi connectivity index (χ0) is 21.5. The Hall–Kier alpha value is -2.80. The number of thiazole rings is 1. The molecule has 1 aromatic carbocycles. The zero-order valence-electron chi connectivity index (χ0n) is 17.5. The molecule has 2 aliphatic heterocycles. The molecule has 2 saturated heterocycles. The Morgan fingerprint density at radius 1 is 1.23 bits per heavy atom. The van der Waals surface area contributed by atoms with E-state index in [9.17, 15) is 9.18 Å². The van der Waals surface area contributed by atoms with E-state index in [1.807, 2.05) is 29.3 Å². The van der Waals surface area contributed by atoms with Crippen molar-refractivity contribution in [3.05, 3.63) is 65.2 Å². The van der Waals surface area contributed by atoms with Gasteiger partial charge in [-0.05, 0) is 68.0 Å². The number of carbonyl (C=O) groups excluding carboxylic acids is 1. The number of carbonyl (C=O) groups is 1. The Labute approximate surface area is 184 Å². The molecule has 1 saturated carbocycles. The van der Waals surface area contributed by atoms with Gasteiger partial charge in [-0.25, -0.2) is 14.4 Å². The number of hydrogen-bond acceptors (Lipinski definition) is 5. The fraction of sp³-hybridized carbons (Fsp3) is 0.375. The average molecular weight is 438 g/mol. The third kappa shape index (κ3) is 3.71. The maximum absolute atomic E-state index is 13.9. The van der Waals surface area contributed by atoms with Crippen LogP contribution in [-0.2, 0) is 0 Å². The van der Waals surface area contributed by atoms with Gasteiger partial charge in [-0.15, -0.1) is 11.3 Å². The summed E-state index contributed by atoms with van der Waals surface area (Å²) in [7, 11) is 0. The highest BCUT2D eigenvalue weighted by Gasteiger charge is 2.51. The molecule has 31 heavy (non-hydrogen) atoms. The number of amides is 1. The number of ether oxygens (including phenoxy) is 1. The molecule has 1 aliphatic carbocycles. The molecule has 2 atom stereocenters. The van der Waals surface area contributed by atoms with Crippen molar-refractivity contribution in [3.63, 3.8) is 0 Å². The van der Waals surface area contributed by atoms with Crippen molar-refractivity contribution in [3.8, 4) is 16.3 Å². The van der Waals surface area contributed by atoms with Crippen molar-refractivity contribution in [1.82, 2.24) is 14.9 Å². The van der Waals surface area contributed by atoms with Crippen molar-refractivity contribution in [2.24, 2.45) is 11.8 Å². The highest BCUT2D eigenvalue weighted by atomic mass is 32.1. The zero-order valence-corrected chi connectivity index (χ0v) is 18.3. The molecule has 160 valence electrons. The molecule has 6 rings (SSSR count). The van der Waals surface area contributed by atoms with Gasteiger partial charge in [0, 0.05) is 28.9 Å². The second kappa shape index (κ2) is 8.04. The molecule has 0 radical (unpaired) electrons. The Morgan fingerprint density at radius 2 is 2.00 bits per heavy atom. The highest BCUT2D eigenvalue weighted by molar-refractivity contribution is 7.13. The number of fused-ring (bicyclic) bond motifs is 2. The second-order valence-corrected chi connectivity index (χ2v) is 9.37. The van der Waals surface area contributed by atoms with Crippen LogP contribution in [0.15, 0.2) is 48.0 Å². The van der Waals surface area contributed by atoms with Gasteiger partial charge >= 0.3 is 0 Å². The first kappa shape index (κ1) is 20.1. The summed E-state index contributed by atoms with van der Waals surface area (Å²) in [6.45, 7) is 4.48. The number of aromatic nitrogens is 2. The molecule has 0 unspecified atom stereocenters. The van der Waals surface area contributed by atoms with E-state index in [4.69, 9.17) is 4.74 Å². The lowest BCUT2D eigenvalue weighted by Crippen LogP contribution is -2.64. The van der Waals surface area contributed by atoms with Gasteiger partial charge < -0.3 is 9.64 Å². The molecule has 4 heterocycles. The summed E-state index contributed by atoms with van der Waals surface area (Å²) in [4.78, 5) is 24.9. The molecule has 0 N–H and O–H groups in total. The summed E-state index contributed by atoms with van der Waals surface area (Å²) in [5.41, 5.74) is 2.04. The van der Waals surface area contributed by atoms with Crippen molar-refractivity contribution in [1.29, 1.82) is 0 Å². The van der Waals surface area contributed by atoms with Crippen LogP contribution in [0.25, 0.3) is 10.6 Å². The monoisotopic (exact) mass is 437 g/mol. The predicted molar refractivity (Wildman–Crippen MR) is 118 cm³/mol. The highest BCUT2D eigenvalue weighted by Crippen LogP contribution is 2.47. The Bertz CT molecular complexity index is 1080. The minimum atomic E-state index is -0.295. The Morgan fingerprint density at radius 3 is 2.71 bits per heavy atom. The topological polar surface area (TPSA) is 55.3 Å². The van der Waals surface area contributed by atoms with Gasteiger partial charge in [0.25, 0.3) is 5.91 Å². The van der Waals surface area contributed by atoms with Crippen LogP contribution < -0.4 is 4.74 Å². The number of benzene rings is 1. The van der Waals surface area contributed by atoms with Gasteiger partial charge in [-0.2, -0.15) is 0 Å². The van der Waals surface area contributed by atoms with Crippen LogP contribution in [0.4, 0.5) is 4.39 Å². The van der Waals surface area contributed by atoms with Crippen LogP contribution in [0.1, 0.15) is 35.9 Å². The smallest absolute Gasteiger partial charge is 0.273 e. The molecule has 5 nitrogen and oxygen atoms in total. The lowest BCUT2D eigenvalue weighted by Gasteiger charge is -2.57. The molecule has 0 spiro atoms. The minimum Gasteiger partial charge on any atom is -0.491 e. The molecule has 1 amide bonds. The fourth-order valence-corrected chi connectivity index (χ4v) is 5.42. The summed E-state index contributed by atoms with van der Waals surface area (Å²) >= 11 is 1.50. The first-order valence-electron chi connectivity index (χ1n) is 10.6. The molecule has 7 heteroatoms. The standard InChI is InChI=1S/C24H24FN3O2S/c1-14-3-8-20(23-26-9-10-31-23)22(27-14)24(29)28-18-11-16(12-18)15(2)21(28)13-30-19-6-4-17(25)5-7-19/h3-10,15-16,18,21H,11-13H2,1-2H3/t15-,16?,18?,21+/m0/s1. The van der Waals surface area contributed by atoms with E-state index in [-0.39, 0.29) is 23.8 Å². The van der Waals surface area contributed by atoms with E-state index in [1.54, 1.807) is 18.3 Å². The van der Waals surface area contributed by atoms with Crippen molar-refractivity contribution in [2.75, 3.05) is 6.61 Å². The maximum atomic E-state index is 13.9. The summed E-state index contributed by atoms with van der Waals surface area (Å²) < 4.78 is 19.2. The normalized spacial score (nSPS) is 24.5. The second-order valence-electron chi connectivity index (χ2n) is 8.48. The number of halogens is 1. The van der Waals surface area contributed by atoms with Crippen LogP contribution in [0.5, 0.6) is 5.75 Å². The summed E-state index contributed by atoms with van der Waals surface area (Å²) in [5, 5.41) is 2.70. The van der Waals surface area contributed by atoms with Crippen molar-refractivity contribution >= 4 is 17.2 Å². The molecule has 3 fully saturated rings. The average Bonchev–Trinajstić information content (AvgIpc) is 3.27. The van der Waals surface area contributed by atoms with Crippen molar-refractivity contribution in [2.45, 2.75) is 38.8 Å². The van der Waals surface area contributed by atoms with E-state index in [1.165, 1.54) is 23.5 Å². The van der Waals surface area contributed by atoms with Crippen LogP contribution >= 0.6 is 11.3 Å². The first-order valence-corrected chi connectivity index (χ1v) is 11.5. The molecule has 3 aromatic rings. The van der Waals surface area contributed by atoms with Crippen LogP contribution in [0, 0.1) is 24.6 Å². The lowest BCUT2D eigenvalue weighted by atomic mass is 9.64. The molecule has 3 aliphatic rings. The number of aryl methyl sites for hydroxylation is 1. The van der Waals surface area contributed by atoms with E-state index in [0.717, 1.165) is 29.1 Å². The van der Waals surface area contributed by atoms with E-state index in [0.29, 0.717) is 29.9 Å². The van der Waals surface area contributed by atoms with Gasteiger partial charge in [0.1, 0.15) is 28.9 Å². The van der Waals surface area contributed by atoms with E-state index >= 15 is 0 Å². The van der Waals surface area contributed by atoms with Gasteiger partial charge in [0.2, 0.25) is 0 Å². The van der Waals surface area contributed by atoms with E-state index < -0.39 is 0 Å². The number of pyridine rings is 1.